The van der Waals surface area contributed by atoms with Crippen molar-refractivity contribution < 1.29 is 4.79 Å². The molecule has 1 heterocycles. The monoisotopic (exact) mass is 262 g/mol. The zero-order chi connectivity index (χ0) is 13.1. The number of aromatic nitrogens is 3. The Labute approximate surface area is 111 Å². The smallest absolute Gasteiger partial charge is 0.251 e. The summed E-state index contributed by atoms with van der Waals surface area (Å²) in [4.78, 5) is 16.8. The molecule has 1 aromatic carbocycles. The Bertz CT molecular complexity index is 579. The first-order valence-corrected chi connectivity index (χ1v) is 5.93. The highest BCUT2D eigenvalue weighted by Gasteiger charge is 2.10. The Morgan fingerprint density at radius 2 is 2.28 bits per heavy atom. The lowest BCUT2D eigenvalue weighted by Crippen LogP contribution is -2.24. The average Bonchev–Trinajstić information content (AvgIpc) is 2.75. The van der Waals surface area contributed by atoms with Gasteiger partial charge >= 0.3 is 0 Å². The van der Waals surface area contributed by atoms with Crippen molar-refractivity contribution in [3.8, 4) is 0 Å². The molecule has 5 nitrogen and oxygen atoms in total. The molecule has 0 aliphatic carbocycles. The average molecular weight is 262 g/mol. The molecule has 94 valence electrons. The molecule has 0 atom stereocenters. The van der Waals surface area contributed by atoms with Crippen LogP contribution in [0.5, 0.6) is 0 Å². The number of carbonyl (C=O) groups is 1. The minimum atomic E-state index is -0.143. The fourth-order valence-corrected chi connectivity index (χ4v) is 1.78. The molecule has 0 spiro atoms. The van der Waals surface area contributed by atoms with Crippen LogP contribution < -0.4 is 5.32 Å². The van der Waals surface area contributed by atoms with Crippen molar-refractivity contribution >= 4 is 18.5 Å². The molecule has 1 N–H and O–H groups in total. The molecule has 2 rings (SSSR count). The largest absolute Gasteiger partial charge is 0.345 e. The number of benzene rings is 1. The third-order valence-electron chi connectivity index (χ3n) is 2.52. The molecule has 1 amide bonds. The van der Waals surface area contributed by atoms with E-state index in [1.165, 1.54) is 0 Å². The summed E-state index contributed by atoms with van der Waals surface area (Å²) in [5.41, 5.74) is 1.54. The van der Waals surface area contributed by atoms with Crippen LogP contribution in [0.15, 0.2) is 29.4 Å². The van der Waals surface area contributed by atoms with Crippen LogP contribution in [0.2, 0.25) is 0 Å². The van der Waals surface area contributed by atoms with Gasteiger partial charge in [-0.15, -0.1) is 12.6 Å². The SMILES string of the molecule is Cc1ccc(S)cc1C(=O)NCc1ncn(C)n1. The second-order valence-corrected chi connectivity index (χ2v) is 4.53. The maximum Gasteiger partial charge on any atom is 0.251 e. The first-order chi connectivity index (χ1) is 8.56. The summed E-state index contributed by atoms with van der Waals surface area (Å²) < 4.78 is 1.60. The minimum Gasteiger partial charge on any atom is -0.345 e. The number of aryl methyl sites for hydroxylation is 2. The topological polar surface area (TPSA) is 59.8 Å². The van der Waals surface area contributed by atoms with Crippen LogP contribution in [0.25, 0.3) is 0 Å². The Hall–Kier alpha value is -1.82. The molecule has 0 radical (unpaired) electrons. The second kappa shape index (κ2) is 5.22. The number of hydrogen-bond acceptors (Lipinski definition) is 4. The third-order valence-corrected chi connectivity index (χ3v) is 2.80. The number of hydrogen-bond donors (Lipinski definition) is 2. The molecule has 6 heteroatoms. The van der Waals surface area contributed by atoms with Gasteiger partial charge in [0.05, 0.1) is 6.54 Å². The number of rotatable bonds is 3. The minimum absolute atomic E-state index is 0.143. The van der Waals surface area contributed by atoms with Crippen molar-refractivity contribution in [3.63, 3.8) is 0 Å². The molecule has 1 aromatic heterocycles. The van der Waals surface area contributed by atoms with Gasteiger partial charge in [0.25, 0.3) is 5.91 Å². The molecule has 0 aliphatic heterocycles. The van der Waals surface area contributed by atoms with E-state index in [2.05, 4.69) is 28.0 Å². The molecular formula is C12H14N4OS. The number of nitrogens with one attached hydrogen (secondary N) is 1. The van der Waals surface area contributed by atoms with Crippen molar-refractivity contribution in [3.05, 3.63) is 41.5 Å². The van der Waals surface area contributed by atoms with E-state index in [1.54, 1.807) is 24.1 Å². The Morgan fingerprint density at radius 1 is 1.50 bits per heavy atom. The Balaban J connectivity index is 2.05. The van der Waals surface area contributed by atoms with Gasteiger partial charge in [-0.25, -0.2) is 4.98 Å². The molecule has 18 heavy (non-hydrogen) atoms. The zero-order valence-corrected chi connectivity index (χ0v) is 11.1. The standard InChI is InChI=1S/C12H14N4OS/c1-8-3-4-9(18)5-10(8)12(17)13-6-11-14-7-16(2)15-11/h3-5,7,18H,6H2,1-2H3,(H,13,17). The van der Waals surface area contributed by atoms with Gasteiger partial charge in [0.2, 0.25) is 0 Å². The third kappa shape index (κ3) is 2.89. The lowest BCUT2D eigenvalue weighted by Gasteiger charge is -2.06. The lowest BCUT2D eigenvalue weighted by molar-refractivity contribution is 0.0949. The van der Waals surface area contributed by atoms with Crippen molar-refractivity contribution in [2.45, 2.75) is 18.4 Å². The zero-order valence-electron chi connectivity index (χ0n) is 10.2. The summed E-state index contributed by atoms with van der Waals surface area (Å²) in [5, 5.41) is 6.88. The van der Waals surface area contributed by atoms with E-state index < -0.39 is 0 Å². The number of thiol groups is 1. The molecule has 0 aliphatic rings. The fourth-order valence-electron chi connectivity index (χ4n) is 1.57. The van der Waals surface area contributed by atoms with Gasteiger partial charge in [0.1, 0.15) is 6.33 Å². The van der Waals surface area contributed by atoms with Crippen molar-refractivity contribution in [1.82, 2.24) is 20.1 Å². The molecule has 0 unspecified atom stereocenters. The summed E-state index contributed by atoms with van der Waals surface area (Å²) in [7, 11) is 1.78. The number of carbonyl (C=O) groups excluding carboxylic acids is 1. The number of amides is 1. The summed E-state index contributed by atoms with van der Waals surface area (Å²) >= 11 is 4.23. The molecular weight excluding hydrogens is 248 g/mol. The fraction of sp³-hybridized carbons (Fsp3) is 0.250. The molecule has 0 saturated carbocycles. The maximum absolute atomic E-state index is 12.0. The molecule has 0 fully saturated rings. The van der Waals surface area contributed by atoms with Crippen LogP contribution in [0.4, 0.5) is 0 Å². The summed E-state index contributed by atoms with van der Waals surface area (Å²) in [6, 6.07) is 5.48. The van der Waals surface area contributed by atoms with Gasteiger partial charge in [-0.1, -0.05) is 6.07 Å². The summed E-state index contributed by atoms with van der Waals surface area (Å²) in [6.45, 7) is 2.21. The van der Waals surface area contributed by atoms with Crippen LogP contribution in [-0.2, 0) is 13.6 Å². The first-order valence-electron chi connectivity index (χ1n) is 5.48. The highest BCUT2D eigenvalue weighted by molar-refractivity contribution is 7.80. The van der Waals surface area contributed by atoms with Crippen molar-refractivity contribution in [1.29, 1.82) is 0 Å². The van der Waals surface area contributed by atoms with Crippen LogP contribution in [0.1, 0.15) is 21.7 Å². The predicted octanol–water partition coefficient (Wildman–Crippen LogP) is 1.34. The summed E-state index contributed by atoms with van der Waals surface area (Å²) in [5.74, 6) is 0.446. The van der Waals surface area contributed by atoms with Crippen LogP contribution in [0.3, 0.4) is 0 Å². The van der Waals surface area contributed by atoms with E-state index in [0.29, 0.717) is 17.9 Å². The molecule has 0 saturated heterocycles. The van der Waals surface area contributed by atoms with Crippen LogP contribution >= 0.6 is 12.6 Å². The van der Waals surface area contributed by atoms with E-state index in [-0.39, 0.29) is 5.91 Å². The predicted molar refractivity (Wildman–Crippen MR) is 70.6 cm³/mol. The maximum atomic E-state index is 12.0. The van der Waals surface area contributed by atoms with E-state index in [9.17, 15) is 4.79 Å². The lowest BCUT2D eigenvalue weighted by atomic mass is 10.1. The van der Waals surface area contributed by atoms with E-state index in [0.717, 1.165) is 10.5 Å². The second-order valence-electron chi connectivity index (χ2n) is 4.02. The number of nitrogens with zero attached hydrogens (tertiary/aromatic N) is 3. The Morgan fingerprint density at radius 3 is 2.94 bits per heavy atom. The van der Waals surface area contributed by atoms with E-state index in [4.69, 9.17) is 0 Å². The van der Waals surface area contributed by atoms with Gasteiger partial charge in [0, 0.05) is 17.5 Å². The van der Waals surface area contributed by atoms with Gasteiger partial charge < -0.3 is 5.32 Å². The van der Waals surface area contributed by atoms with Crippen LogP contribution in [0, 0.1) is 6.92 Å². The highest BCUT2D eigenvalue weighted by atomic mass is 32.1. The molecule has 2 aromatic rings. The van der Waals surface area contributed by atoms with Gasteiger partial charge in [0.15, 0.2) is 5.82 Å². The van der Waals surface area contributed by atoms with Gasteiger partial charge in [-0.2, -0.15) is 5.10 Å². The van der Waals surface area contributed by atoms with Crippen LogP contribution in [-0.4, -0.2) is 20.7 Å². The normalized spacial score (nSPS) is 10.4. The Kier molecular flexibility index (Phi) is 3.66. The van der Waals surface area contributed by atoms with E-state index in [1.807, 2.05) is 19.1 Å². The first kappa shape index (κ1) is 12.6. The quantitative estimate of drug-likeness (QED) is 0.821. The van der Waals surface area contributed by atoms with Crippen molar-refractivity contribution in [2.75, 3.05) is 0 Å². The van der Waals surface area contributed by atoms with E-state index >= 15 is 0 Å². The van der Waals surface area contributed by atoms with Gasteiger partial charge in [-0.3, -0.25) is 9.48 Å². The van der Waals surface area contributed by atoms with Crippen molar-refractivity contribution in [2.24, 2.45) is 7.05 Å². The highest BCUT2D eigenvalue weighted by Crippen LogP contribution is 2.13. The molecule has 0 bridgehead atoms. The van der Waals surface area contributed by atoms with Gasteiger partial charge in [-0.05, 0) is 24.6 Å². The summed E-state index contributed by atoms with van der Waals surface area (Å²) in [6.07, 6.45) is 1.60.